The summed E-state index contributed by atoms with van der Waals surface area (Å²) >= 11 is 5.83. The SMILES string of the molecule is CC(C(=O)N(C)CCOc1ccc(Cl)cc1)N1CCC(C(=O)O)CC1.Cl. The number of rotatable bonds is 7. The van der Waals surface area contributed by atoms with Crippen LogP contribution < -0.4 is 4.74 Å². The fourth-order valence-corrected chi connectivity index (χ4v) is 3.08. The van der Waals surface area contributed by atoms with Crippen LogP contribution in [0.25, 0.3) is 0 Å². The normalized spacial score (nSPS) is 16.4. The Kier molecular flexibility index (Phi) is 9.19. The van der Waals surface area contributed by atoms with Gasteiger partial charge in [0, 0.05) is 12.1 Å². The smallest absolute Gasteiger partial charge is 0.306 e. The van der Waals surface area contributed by atoms with Crippen LogP contribution >= 0.6 is 24.0 Å². The molecule has 0 spiro atoms. The Bertz CT molecular complexity index is 589. The van der Waals surface area contributed by atoms with Crippen molar-refractivity contribution in [1.29, 1.82) is 0 Å². The molecule has 8 heteroatoms. The lowest BCUT2D eigenvalue weighted by Crippen LogP contribution is -2.50. The molecule has 0 aliphatic carbocycles. The Labute approximate surface area is 165 Å². The van der Waals surface area contributed by atoms with E-state index in [-0.39, 0.29) is 30.3 Å². The van der Waals surface area contributed by atoms with Crippen LogP contribution in [-0.4, -0.2) is 66.1 Å². The molecule has 0 bridgehead atoms. The Hall–Kier alpha value is -1.50. The monoisotopic (exact) mass is 404 g/mol. The van der Waals surface area contributed by atoms with E-state index >= 15 is 0 Å². The third kappa shape index (κ3) is 6.34. The second-order valence-electron chi connectivity index (χ2n) is 6.39. The number of benzene rings is 1. The van der Waals surface area contributed by atoms with Gasteiger partial charge in [-0.2, -0.15) is 0 Å². The van der Waals surface area contributed by atoms with Crippen LogP contribution in [0.3, 0.4) is 0 Å². The molecule has 1 aliphatic rings. The maximum absolute atomic E-state index is 12.5. The first kappa shape index (κ1) is 22.5. The van der Waals surface area contributed by atoms with Gasteiger partial charge in [0.05, 0.1) is 18.5 Å². The van der Waals surface area contributed by atoms with Gasteiger partial charge in [-0.15, -0.1) is 12.4 Å². The molecule has 1 N–H and O–H groups in total. The molecule has 0 saturated carbocycles. The fourth-order valence-electron chi connectivity index (χ4n) is 2.95. The number of amides is 1. The first-order chi connectivity index (χ1) is 11.9. The summed E-state index contributed by atoms with van der Waals surface area (Å²) in [5.74, 6) is -0.290. The summed E-state index contributed by atoms with van der Waals surface area (Å²) in [6.45, 7) is 4.03. The van der Waals surface area contributed by atoms with Crippen molar-refractivity contribution < 1.29 is 19.4 Å². The van der Waals surface area contributed by atoms with Crippen molar-refractivity contribution in [2.75, 3.05) is 33.3 Å². The molecule has 1 aromatic rings. The van der Waals surface area contributed by atoms with Crippen molar-refractivity contribution in [3.8, 4) is 5.75 Å². The summed E-state index contributed by atoms with van der Waals surface area (Å²) in [7, 11) is 1.76. The predicted octanol–water partition coefficient (Wildman–Crippen LogP) is 2.78. The molecular weight excluding hydrogens is 379 g/mol. The molecule has 0 aromatic heterocycles. The first-order valence-electron chi connectivity index (χ1n) is 8.48. The van der Waals surface area contributed by atoms with Gasteiger partial charge in [0.25, 0.3) is 0 Å². The van der Waals surface area contributed by atoms with E-state index in [2.05, 4.69) is 4.90 Å². The molecule has 1 atom stereocenters. The Morgan fingerprint density at radius 3 is 2.42 bits per heavy atom. The number of likely N-dealkylation sites (tertiary alicyclic amines) is 1. The maximum atomic E-state index is 12.5. The number of hydrogen-bond acceptors (Lipinski definition) is 4. The van der Waals surface area contributed by atoms with Gasteiger partial charge in [-0.1, -0.05) is 11.6 Å². The fraction of sp³-hybridized carbons (Fsp3) is 0.556. The molecule has 26 heavy (non-hydrogen) atoms. The van der Waals surface area contributed by atoms with Gasteiger partial charge in [0.1, 0.15) is 12.4 Å². The number of nitrogens with zero attached hydrogens (tertiary/aromatic N) is 2. The van der Waals surface area contributed by atoms with E-state index < -0.39 is 5.97 Å². The predicted molar refractivity (Wildman–Crippen MR) is 103 cm³/mol. The number of carbonyl (C=O) groups is 2. The highest BCUT2D eigenvalue weighted by atomic mass is 35.5. The summed E-state index contributed by atoms with van der Waals surface area (Å²) in [6, 6.07) is 6.84. The molecule has 1 aliphatic heterocycles. The number of likely N-dealkylation sites (N-methyl/N-ethyl adjacent to an activating group) is 1. The van der Waals surface area contributed by atoms with Crippen LogP contribution in [-0.2, 0) is 9.59 Å². The lowest BCUT2D eigenvalue weighted by Gasteiger charge is -2.35. The van der Waals surface area contributed by atoms with E-state index in [1.165, 1.54) is 0 Å². The molecule has 1 saturated heterocycles. The van der Waals surface area contributed by atoms with Crippen LogP contribution in [0.5, 0.6) is 5.75 Å². The number of halogens is 2. The molecule has 1 heterocycles. The number of carboxylic acid groups (broad SMARTS) is 1. The number of carboxylic acids is 1. The highest BCUT2D eigenvalue weighted by Gasteiger charge is 2.30. The van der Waals surface area contributed by atoms with E-state index in [1.807, 2.05) is 6.92 Å². The van der Waals surface area contributed by atoms with Crippen LogP contribution in [0.1, 0.15) is 19.8 Å². The maximum Gasteiger partial charge on any atom is 0.306 e. The lowest BCUT2D eigenvalue weighted by molar-refractivity contribution is -0.144. The highest BCUT2D eigenvalue weighted by molar-refractivity contribution is 6.30. The number of piperidine rings is 1. The summed E-state index contributed by atoms with van der Waals surface area (Å²) in [5.41, 5.74) is 0. The number of hydrogen-bond donors (Lipinski definition) is 1. The van der Waals surface area contributed by atoms with Crippen LogP contribution in [0, 0.1) is 5.92 Å². The molecule has 0 radical (unpaired) electrons. The topological polar surface area (TPSA) is 70.1 Å². The van der Waals surface area contributed by atoms with Crippen molar-refractivity contribution in [3.05, 3.63) is 29.3 Å². The lowest BCUT2D eigenvalue weighted by atomic mass is 9.96. The van der Waals surface area contributed by atoms with Gasteiger partial charge in [0.15, 0.2) is 0 Å². The molecule has 6 nitrogen and oxygen atoms in total. The molecule has 146 valence electrons. The minimum atomic E-state index is -0.741. The zero-order chi connectivity index (χ0) is 18.4. The van der Waals surface area contributed by atoms with Crippen LogP contribution in [0.15, 0.2) is 24.3 Å². The van der Waals surface area contributed by atoms with Gasteiger partial charge in [-0.05, 0) is 57.1 Å². The summed E-state index contributed by atoms with van der Waals surface area (Å²) < 4.78 is 5.62. The third-order valence-electron chi connectivity index (χ3n) is 4.67. The first-order valence-corrected chi connectivity index (χ1v) is 8.86. The minimum absolute atomic E-state index is 0. The van der Waals surface area contributed by atoms with Gasteiger partial charge >= 0.3 is 5.97 Å². The van der Waals surface area contributed by atoms with Gasteiger partial charge in [-0.25, -0.2) is 0 Å². The Balaban J connectivity index is 0.00000338. The largest absolute Gasteiger partial charge is 0.492 e. The van der Waals surface area contributed by atoms with Crippen LogP contribution in [0.4, 0.5) is 0 Å². The number of carbonyl (C=O) groups excluding carboxylic acids is 1. The average Bonchev–Trinajstić information content (AvgIpc) is 2.62. The van der Waals surface area contributed by atoms with Crippen molar-refractivity contribution in [1.82, 2.24) is 9.80 Å². The van der Waals surface area contributed by atoms with Crippen molar-refractivity contribution in [2.24, 2.45) is 5.92 Å². The minimum Gasteiger partial charge on any atom is -0.492 e. The van der Waals surface area contributed by atoms with Crippen molar-refractivity contribution in [3.63, 3.8) is 0 Å². The third-order valence-corrected chi connectivity index (χ3v) is 4.92. The zero-order valence-electron chi connectivity index (χ0n) is 15.1. The highest BCUT2D eigenvalue weighted by Crippen LogP contribution is 2.20. The van der Waals surface area contributed by atoms with E-state index in [0.717, 1.165) is 0 Å². The zero-order valence-corrected chi connectivity index (χ0v) is 16.6. The van der Waals surface area contributed by atoms with Crippen LogP contribution in [0.2, 0.25) is 5.02 Å². The van der Waals surface area contributed by atoms with E-state index in [4.69, 9.17) is 21.4 Å². The van der Waals surface area contributed by atoms with Crippen molar-refractivity contribution >= 4 is 35.9 Å². The number of ether oxygens (including phenoxy) is 1. The van der Waals surface area contributed by atoms with Gasteiger partial charge < -0.3 is 14.7 Å². The standard InChI is InChI=1S/C18H25ClN2O4.ClH/c1-13(21-9-7-14(8-10-21)18(23)24)17(22)20(2)11-12-25-16-5-3-15(19)4-6-16;/h3-6,13-14H,7-12H2,1-2H3,(H,23,24);1H. The summed E-state index contributed by atoms with van der Waals surface area (Å²) in [4.78, 5) is 27.3. The molecule has 1 fully saturated rings. The quantitative estimate of drug-likeness (QED) is 0.756. The Morgan fingerprint density at radius 2 is 1.88 bits per heavy atom. The van der Waals surface area contributed by atoms with E-state index in [1.54, 1.807) is 36.2 Å². The molecule has 1 amide bonds. The van der Waals surface area contributed by atoms with Crippen molar-refractivity contribution in [2.45, 2.75) is 25.8 Å². The molecule has 1 unspecified atom stereocenters. The second-order valence-corrected chi connectivity index (χ2v) is 6.82. The second kappa shape index (κ2) is 10.6. The summed E-state index contributed by atoms with van der Waals surface area (Å²) in [5, 5.41) is 9.70. The van der Waals surface area contributed by atoms with E-state index in [9.17, 15) is 9.59 Å². The Morgan fingerprint density at radius 1 is 1.31 bits per heavy atom. The van der Waals surface area contributed by atoms with E-state index in [0.29, 0.717) is 49.9 Å². The molecule has 2 rings (SSSR count). The summed E-state index contributed by atoms with van der Waals surface area (Å²) in [6.07, 6.45) is 1.19. The average molecular weight is 405 g/mol. The molecule has 1 aromatic carbocycles. The number of aliphatic carboxylic acids is 1. The molecular formula is C18H26Cl2N2O4. The van der Waals surface area contributed by atoms with Gasteiger partial charge in [-0.3, -0.25) is 14.5 Å². The van der Waals surface area contributed by atoms with Gasteiger partial charge in [0.2, 0.25) is 5.91 Å².